The number of fused-ring (bicyclic) bond motifs is 2. The van der Waals surface area contributed by atoms with Gasteiger partial charge in [-0.25, -0.2) is 0 Å². The van der Waals surface area contributed by atoms with Gasteiger partial charge in [0, 0.05) is 33.3 Å². The quantitative estimate of drug-likeness (QED) is 0.215. The van der Waals surface area contributed by atoms with Gasteiger partial charge >= 0.3 is 0 Å². The normalized spacial score (nSPS) is 11.1. The third-order valence-electron chi connectivity index (χ3n) is 6.42. The van der Waals surface area contributed by atoms with Crippen LogP contribution in [0.3, 0.4) is 0 Å². The van der Waals surface area contributed by atoms with Crippen molar-refractivity contribution in [2.24, 2.45) is 0 Å². The number of halogens is 2. The number of anilines is 2. The topological polar surface area (TPSA) is 70.5 Å². The van der Waals surface area contributed by atoms with E-state index in [0.29, 0.717) is 44.4 Å². The molecule has 6 aromatic carbocycles. The highest BCUT2D eigenvalue weighted by Crippen LogP contribution is 2.48. The fourth-order valence-corrected chi connectivity index (χ4v) is 4.94. The second-order valence-electron chi connectivity index (χ2n) is 8.89. The lowest BCUT2D eigenvalue weighted by Gasteiger charge is -2.20. The van der Waals surface area contributed by atoms with E-state index in [-0.39, 0.29) is 0 Å². The van der Waals surface area contributed by atoms with Gasteiger partial charge in [0.15, 0.2) is 11.5 Å². The molecule has 0 radical (unpaired) electrons. The molecule has 0 aliphatic rings. The molecule has 6 aromatic rings. The number of ether oxygens (including phenoxy) is 2. The summed E-state index contributed by atoms with van der Waals surface area (Å²) < 4.78 is 12.9. The molecule has 186 valence electrons. The van der Waals surface area contributed by atoms with Gasteiger partial charge < -0.3 is 20.9 Å². The first kappa shape index (κ1) is 24.0. The van der Waals surface area contributed by atoms with E-state index < -0.39 is 0 Å². The lowest BCUT2D eigenvalue weighted by Crippen LogP contribution is -1.98. The molecule has 6 heteroatoms. The largest absolute Gasteiger partial charge is 0.454 e. The Labute approximate surface area is 229 Å². The molecule has 0 aliphatic heterocycles. The number of rotatable bonds is 5. The molecule has 0 saturated carbocycles. The summed E-state index contributed by atoms with van der Waals surface area (Å²) in [7, 11) is 0. The fourth-order valence-electron chi connectivity index (χ4n) is 4.62. The van der Waals surface area contributed by atoms with Gasteiger partial charge in [-0.1, -0.05) is 83.9 Å². The van der Waals surface area contributed by atoms with E-state index >= 15 is 0 Å². The highest BCUT2D eigenvalue weighted by molar-refractivity contribution is 6.31. The number of nitrogens with two attached hydrogens (primary N) is 2. The van der Waals surface area contributed by atoms with Gasteiger partial charge in [0.05, 0.1) is 11.4 Å². The number of benzene rings is 6. The molecule has 0 saturated heterocycles. The van der Waals surface area contributed by atoms with Crippen LogP contribution in [0.1, 0.15) is 0 Å². The van der Waals surface area contributed by atoms with Crippen molar-refractivity contribution in [3.63, 3.8) is 0 Å². The van der Waals surface area contributed by atoms with Crippen molar-refractivity contribution >= 4 is 56.1 Å². The molecule has 0 amide bonds. The van der Waals surface area contributed by atoms with Crippen molar-refractivity contribution in [2.45, 2.75) is 0 Å². The molecule has 0 fully saturated rings. The van der Waals surface area contributed by atoms with E-state index in [1.54, 1.807) is 36.4 Å². The Kier molecular flexibility index (Phi) is 6.20. The average molecular weight is 537 g/mol. The highest BCUT2D eigenvalue weighted by atomic mass is 35.5. The van der Waals surface area contributed by atoms with Gasteiger partial charge in [-0.2, -0.15) is 0 Å². The Morgan fingerprint density at radius 3 is 1.32 bits per heavy atom. The summed E-state index contributed by atoms with van der Waals surface area (Å²) in [5.41, 5.74) is 15.2. The SMILES string of the molecule is Nc1ccc(Cl)cc1Oc1ccc2ccccc2c1-c1c(Oc2cc(Cl)ccc2N)ccc2ccccc12. The average Bonchev–Trinajstić information content (AvgIpc) is 2.93. The van der Waals surface area contributed by atoms with Gasteiger partial charge in [-0.15, -0.1) is 0 Å². The van der Waals surface area contributed by atoms with Gasteiger partial charge in [-0.3, -0.25) is 0 Å². The summed E-state index contributed by atoms with van der Waals surface area (Å²) in [6.45, 7) is 0. The summed E-state index contributed by atoms with van der Waals surface area (Å²) in [4.78, 5) is 0. The Bertz CT molecular complexity index is 1700. The molecular weight excluding hydrogens is 515 g/mol. The van der Waals surface area contributed by atoms with E-state index in [0.717, 1.165) is 32.7 Å². The Balaban J connectivity index is 1.66. The van der Waals surface area contributed by atoms with Crippen LogP contribution in [-0.2, 0) is 0 Å². The predicted molar refractivity (Wildman–Crippen MR) is 159 cm³/mol. The highest BCUT2D eigenvalue weighted by Gasteiger charge is 2.21. The molecule has 4 N–H and O–H groups in total. The zero-order valence-corrected chi connectivity index (χ0v) is 21.6. The summed E-state index contributed by atoms with van der Waals surface area (Å²) in [6.07, 6.45) is 0. The van der Waals surface area contributed by atoms with Crippen molar-refractivity contribution < 1.29 is 9.47 Å². The van der Waals surface area contributed by atoms with Crippen molar-refractivity contribution in [1.82, 2.24) is 0 Å². The molecule has 4 nitrogen and oxygen atoms in total. The van der Waals surface area contributed by atoms with Crippen LogP contribution in [0.25, 0.3) is 32.7 Å². The van der Waals surface area contributed by atoms with Crippen LogP contribution in [0.15, 0.2) is 109 Å². The minimum Gasteiger partial charge on any atom is -0.454 e. The number of hydrogen-bond donors (Lipinski definition) is 2. The molecule has 0 aromatic heterocycles. The number of nitrogen functional groups attached to an aromatic ring is 2. The first-order chi connectivity index (χ1) is 18.5. The van der Waals surface area contributed by atoms with Crippen LogP contribution in [-0.4, -0.2) is 0 Å². The second kappa shape index (κ2) is 9.82. The van der Waals surface area contributed by atoms with Crippen LogP contribution >= 0.6 is 23.2 Å². The molecule has 0 spiro atoms. The first-order valence-electron chi connectivity index (χ1n) is 12.0. The summed E-state index contributed by atoms with van der Waals surface area (Å²) in [5, 5.41) is 5.14. The smallest absolute Gasteiger partial charge is 0.151 e. The van der Waals surface area contributed by atoms with E-state index in [1.807, 2.05) is 48.5 Å². The van der Waals surface area contributed by atoms with Gasteiger partial charge in [0.2, 0.25) is 0 Å². The van der Waals surface area contributed by atoms with E-state index in [2.05, 4.69) is 24.3 Å². The van der Waals surface area contributed by atoms with Crippen LogP contribution in [0.2, 0.25) is 10.0 Å². The molecule has 0 atom stereocenters. The predicted octanol–water partition coefficient (Wildman–Crippen LogP) is 9.72. The maximum atomic E-state index is 6.47. The molecule has 0 bridgehead atoms. The monoisotopic (exact) mass is 536 g/mol. The van der Waals surface area contributed by atoms with Crippen LogP contribution < -0.4 is 20.9 Å². The maximum Gasteiger partial charge on any atom is 0.151 e. The Hall–Kier alpha value is -4.38. The summed E-state index contributed by atoms with van der Waals surface area (Å²) >= 11 is 12.6. The minimum atomic E-state index is 0.468. The van der Waals surface area contributed by atoms with Crippen molar-refractivity contribution in [3.05, 3.63) is 119 Å². The van der Waals surface area contributed by atoms with Crippen LogP contribution in [0, 0.1) is 0 Å². The van der Waals surface area contributed by atoms with Crippen LogP contribution in [0.4, 0.5) is 11.4 Å². The minimum absolute atomic E-state index is 0.468. The van der Waals surface area contributed by atoms with Gasteiger partial charge in [-0.05, 0) is 57.9 Å². The fraction of sp³-hybridized carbons (Fsp3) is 0. The lowest BCUT2D eigenvalue weighted by atomic mass is 9.92. The molecule has 6 rings (SSSR count). The third-order valence-corrected chi connectivity index (χ3v) is 6.89. The van der Waals surface area contributed by atoms with Gasteiger partial charge in [0.25, 0.3) is 0 Å². The molecule has 38 heavy (non-hydrogen) atoms. The third kappa shape index (κ3) is 4.45. The number of hydrogen-bond acceptors (Lipinski definition) is 4. The maximum absolute atomic E-state index is 6.47. The van der Waals surface area contributed by atoms with Crippen molar-refractivity contribution in [1.29, 1.82) is 0 Å². The lowest BCUT2D eigenvalue weighted by molar-refractivity contribution is 0.481. The standard InChI is InChI=1S/C32H22Cl2N2O2/c33-21-11-13-25(35)29(17-21)37-27-15-9-19-5-1-3-7-23(19)31(27)32-24-8-4-2-6-20(24)10-16-28(32)38-30-18-22(34)12-14-26(30)36/h1-18H,35-36H2. The van der Waals surface area contributed by atoms with Gasteiger partial charge in [0.1, 0.15) is 11.5 Å². The zero-order valence-electron chi connectivity index (χ0n) is 20.1. The summed E-state index contributed by atoms with van der Waals surface area (Å²) in [5.74, 6) is 2.16. The molecule has 0 aliphatic carbocycles. The van der Waals surface area contributed by atoms with Crippen LogP contribution in [0.5, 0.6) is 23.0 Å². The molecule has 0 unspecified atom stereocenters. The molecular formula is C32H22Cl2N2O2. The summed E-state index contributed by atoms with van der Waals surface area (Å²) in [6, 6.07) is 34.6. The van der Waals surface area contributed by atoms with E-state index in [1.165, 1.54) is 0 Å². The Morgan fingerprint density at radius 2 is 0.868 bits per heavy atom. The Morgan fingerprint density at radius 1 is 0.447 bits per heavy atom. The van der Waals surface area contributed by atoms with E-state index in [9.17, 15) is 0 Å². The second-order valence-corrected chi connectivity index (χ2v) is 9.76. The van der Waals surface area contributed by atoms with Crippen molar-refractivity contribution in [2.75, 3.05) is 11.5 Å². The zero-order chi connectivity index (χ0) is 26.2. The first-order valence-corrected chi connectivity index (χ1v) is 12.7. The van der Waals surface area contributed by atoms with Crippen molar-refractivity contribution in [3.8, 4) is 34.1 Å². The van der Waals surface area contributed by atoms with E-state index in [4.69, 9.17) is 44.1 Å². The molecule has 0 heterocycles.